The third-order valence-corrected chi connectivity index (χ3v) is 4.20. The van der Waals surface area contributed by atoms with Gasteiger partial charge in [0.05, 0.1) is 6.10 Å². The Kier molecular flexibility index (Phi) is 8.65. The molecule has 0 atom stereocenters. The number of imidazole rings is 1. The summed E-state index contributed by atoms with van der Waals surface area (Å²) in [5, 5.41) is 6.31. The molecule has 1 fully saturated rings. The maximum absolute atomic E-state index is 12.8. The predicted molar refractivity (Wildman–Crippen MR) is 93.7 cm³/mol. The largest absolute Gasteiger partial charge is 0.378 e. The van der Waals surface area contributed by atoms with Crippen LogP contribution in [0, 0.1) is 0 Å². The molecular formula is C17H29F2N5O. The number of aromatic nitrogens is 2. The first-order valence-corrected chi connectivity index (χ1v) is 9.14. The van der Waals surface area contributed by atoms with Gasteiger partial charge in [0, 0.05) is 32.1 Å². The quantitative estimate of drug-likeness (QED) is 0.405. The van der Waals surface area contributed by atoms with E-state index < -0.39 is 6.55 Å². The van der Waals surface area contributed by atoms with Crippen LogP contribution in [0.1, 0.15) is 57.8 Å². The third kappa shape index (κ3) is 6.97. The number of guanidine groups is 1. The fraction of sp³-hybridized carbons (Fsp3) is 0.765. The van der Waals surface area contributed by atoms with E-state index in [1.807, 2.05) is 6.92 Å². The molecule has 0 aliphatic heterocycles. The van der Waals surface area contributed by atoms with E-state index in [9.17, 15) is 8.78 Å². The molecule has 1 heterocycles. The topological polar surface area (TPSA) is 63.5 Å². The first-order chi connectivity index (χ1) is 12.2. The highest BCUT2D eigenvalue weighted by Crippen LogP contribution is 2.20. The highest BCUT2D eigenvalue weighted by Gasteiger charge is 2.13. The predicted octanol–water partition coefficient (Wildman–Crippen LogP) is 3.07. The zero-order valence-electron chi connectivity index (χ0n) is 14.9. The van der Waals surface area contributed by atoms with Gasteiger partial charge in [-0.25, -0.2) is 9.98 Å². The van der Waals surface area contributed by atoms with Gasteiger partial charge in [-0.1, -0.05) is 19.3 Å². The van der Waals surface area contributed by atoms with Crippen molar-refractivity contribution in [2.75, 3.05) is 19.7 Å². The van der Waals surface area contributed by atoms with Crippen LogP contribution in [0.4, 0.5) is 8.78 Å². The molecule has 0 aromatic carbocycles. The summed E-state index contributed by atoms with van der Waals surface area (Å²) < 4.78 is 32.3. The van der Waals surface area contributed by atoms with Crippen molar-refractivity contribution in [3.05, 3.63) is 18.2 Å². The van der Waals surface area contributed by atoms with Crippen LogP contribution in [0.15, 0.2) is 17.4 Å². The molecule has 2 rings (SSSR count). The molecule has 1 aromatic heterocycles. The van der Waals surface area contributed by atoms with Gasteiger partial charge < -0.3 is 15.4 Å². The molecule has 1 aromatic rings. The Morgan fingerprint density at radius 2 is 2.16 bits per heavy atom. The second-order valence-corrected chi connectivity index (χ2v) is 6.13. The summed E-state index contributed by atoms with van der Waals surface area (Å²) in [6.45, 7) is 1.62. The van der Waals surface area contributed by atoms with Gasteiger partial charge in [-0.2, -0.15) is 8.78 Å². The zero-order valence-corrected chi connectivity index (χ0v) is 14.9. The van der Waals surface area contributed by atoms with Crippen molar-refractivity contribution in [1.29, 1.82) is 0 Å². The lowest BCUT2D eigenvalue weighted by molar-refractivity contribution is 0.0277. The molecule has 25 heavy (non-hydrogen) atoms. The van der Waals surface area contributed by atoms with Gasteiger partial charge in [-0.05, 0) is 26.2 Å². The summed E-state index contributed by atoms with van der Waals surface area (Å²) in [5.74, 6) is 0.844. The first-order valence-electron chi connectivity index (χ1n) is 9.14. The molecule has 1 aliphatic rings. The second kappa shape index (κ2) is 11.0. The Balaban J connectivity index is 1.71. The number of nitrogens with zero attached hydrogens (tertiary/aromatic N) is 3. The fourth-order valence-corrected chi connectivity index (χ4v) is 2.90. The van der Waals surface area contributed by atoms with Crippen molar-refractivity contribution in [3.63, 3.8) is 0 Å². The highest BCUT2D eigenvalue weighted by molar-refractivity contribution is 5.79. The summed E-state index contributed by atoms with van der Waals surface area (Å²) in [7, 11) is 0. The van der Waals surface area contributed by atoms with E-state index in [0.29, 0.717) is 18.6 Å². The molecule has 0 bridgehead atoms. The van der Waals surface area contributed by atoms with E-state index in [0.717, 1.165) is 24.1 Å². The van der Waals surface area contributed by atoms with Crippen LogP contribution in [0.25, 0.3) is 0 Å². The summed E-state index contributed by atoms with van der Waals surface area (Å²) in [6, 6.07) is 0. The number of nitrogens with one attached hydrogen (secondary N) is 2. The number of rotatable bonds is 9. The summed E-state index contributed by atoms with van der Waals surface area (Å²) in [4.78, 5) is 8.25. The Hall–Kier alpha value is -1.70. The smallest absolute Gasteiger partial charge is 0.319 e. The minimum Gasteiger partial charge on any atom is -0.378 e. The molecule has 142 valence electrons. The normalized spacial score (nSPS) is 16.4. The monoisotopic (exact) mass is 357 g/mol. The maximum atomic E-state index is 12.8. The molecule has 0 radical (unpaired) electrons. The van der Waals surface area contributed by atoms with Crippen molar-refractivity contribution in [3.8, 4) is 0 Å². The van der Waals surface area contributed by atoms with Crippen molar-refractivity contribution >= 4 is 5.96 Å². The molecule has 0 amide bonds. The Morgan fingerprint density at radius 1 is 1.36 bits per heavy atom. The number of aliphatic imine (C=N–C) groups is 1. The minimum absolute atomic E-state index is 0.102. The molecule has 6 nitrogen and oxygen atoms in total. The first kappa shape index (κ1) is 19.6. The Labute approximate surface area is 148 Å². The lowest BCUT2D eigenvalue weighted by atomic mass is 9.98. The number of alkyl halides is 2. The molecule has 0 saturated heterocycles. The van der Waals surface area contributed by atoms with Gasteiger partial charge >= 0.3 is 6.55 Å². The molecule has 8 heteroatoms. The SMILES string of the molecule is CCNC(=NCc1nccn1C(F)F)NCCCOC1CCCCC1. The van der Waals surface area contributed by atoms with Gasteiger partial charge in [0.1, 0.15) is 12.4 Å². The van der Waals surface area contributed by atoms with E-state index >= 15 is 0 Å². The maximum Gasteiger partial charge on any atom is 0.319 e. The molecule has 1 aliphatic carbocycles. The lowest BCUT2D eigenvalue weighted by Gasteiger charge is -2.22. The van der Waals surface area contributed by atoms with E-state index in [-0.39, 0.29) is 12.4 Å². The third-order valence-electron chi connectivity index (χ3n) is 4.20. The number of hydrogen-bond acceptors (Lipinski definition) is 3. The van der Waals surface area contributed by atoms with E-state index in [2.05, 4.69) is 20.6 Å². The van der Waals surface area contributed by atoms with Crippen molar-refractivity contribution in [2.45, 2.75) is 64.6 Å². The Morgan fingerprint density at radius 3 is 2.88 bits per heavy atom. The number of halogens is 2. The summed E-state index contributed by atoms with van der Waals surface area (Å²) >= 11 is 0. The van der Waals surface area contributed by atoms with Crippen LogP contribution in [0.2, 0.25) is 0 Å². The standard InChI is InChI=1S/C17H29F2N5O/c1-2-20-17(23-13-15-21-10-11-24(15)16(18)19)22-9-6-12-25-14-7-4-3-5-8-14/h10-11,14,16H,2-9,12-13H2,1H3,(H2,20,22,23). The second-order valence-electron chi connectivity index (χ2n) is 6.13. The zero-order chi connectivity index (χ0) is 17.9. The highest BCUT2D eigenvalue weighted by atomic mass is 19.3. The van der Waals surface area contributed by atoms with Crippen LogP contribution in [0.3, 0.4) is 0 Å². The average Bonchev–Trinajstić information content (AvgIpc) is 3.09. The van der Waals surface area contributed by atoms with Crippen molar-refractivity contribution in [2.24, 2.45) is 4.99 Å². The van der Waals surface area contributed by atoms with Crippen LogP contribution >= 0.6 is 0 Å². The van der Waals surface area contributed by atoms with Crippen LogP contribution < -0.4 is 10.6 Å². The minimum atomic E-state index is -2.60. The van der Waals surface area contributed by atoms with Crippen LogP contribution in [-0.4, -0.2) is 41.3 Å². The number of ether oxygens (including phenoxy) is 1. The number of hydrogen-bond donors (Lipinski definition) is 2. The van der Waals surface area contributed by atoms with E-state index in [1.165, 1.54) is 44.5 Å². The molecular weight excluding hydrogens is 328 g/mol. The summed E-state index contributed by atoms with van der Waals surface area (Å²) in [5.41, 5.74) is 0. The van der Waals surface area contributed by atoms with Crippen LogP contribution in [0.5, 0.6) is 0 Å². The van der Waals surface area contributed by atoms with E-state index in [4.69, 9.17) is 4.74 Å². The van der Waals surface area contributed by atoms with Gasteiger partial charge in [-0.3, -0.25) is 4.57 Å². The molecule has 0 unspecified atom stereocenters. The van der Waals surface area contributed by atoms with Gasteiger partial charge in [0.25, 0.3) is 0 Å². The van der Waals surface area contributed by atoms with E-state index in [1.54, 1.807) is 0 Å². The fourth-order valence-electron chi connectivity index (χ4n) is 2.90. The molecule has 1 saturated carbocycles. The van der Waals surface area contributed by atoms with Crippen LogP contribution in [-0.2, 0) is 11.3 Å². The molecule has 0 spiro atoms. The van der Waals surface area contributed by atoms with Gasteiger partial charge in [-0.15, -0.1) is 0 Å². The molecule has 2 N–H and O–H groups in total. The van der Waals surface area contributed by atoms with Crippen molar-refractivity contribution < 1.29 is 13.5 Å². The Bertz CT molecular complexity index is 515. The van der Waals surface area contributed by atoms with Gasteiger partial charge in [0.2, 0.25) is 0 Å². The van der Waals surface area contributed by atoms with Crippen molar-refractivity contribution in [1.82, 2.24) is 20.2 Å². The lowest BCUT2D eigenvalue weighted by Crippen LogP contribution is -2.38. The summed E-state index contributed by atoms with van der Waals surface area (Å²) in [6.07, 6.45) is 10.1. The van der Waals surface area contributed by atoms with Gasteiger partial charge in [0.15, 0.2) is 5.96 Å². The average molecular weight is 357 g/mol.